The average Bonchev–Trinajstić information content (AvgIpc) is 3.30. The number of nitrogens with one attached hydrogen (secondary N) is 1. The highest BCUT2D eigenvalue weighted by Gasteiger charge is 2.26. The van der Waals surface area contributed by atoms with E-state index in [1.807, 2.05) is 44.3 Å². The van der Waals surface area contributed by atoms with Crippen LogP contribution in [0.4, 0.5) is 5.69 Å². The molecule has 0 aliphatic heterocycles. The smallest absolute Gasteiger partial charge is 0.276 e. The second-order valence-corrected chi connectivity index (χ2v) is 6.16. The number of hydrogen-bond acceptors (Lipinski definition) is 3. The molecule has 2 aromatic heterocycles. The van der Waals surface area contributed by atoms with Crippen molar-refractivity contribution >= 4 is 17.2 Å². The molecule has 116 valence electrons. The van der Waals surface area contributed by atoms with Gasteiger partial charge in [0.15, 0.2) is 5.65 Å². The number of aryl methyl sites for hydroxylation is 1. The third kappa shape index (κ3) is 2.59. The summed E-state index contributed by atoms with van der Waals surface area (Å²) < 4.78 is 1.70. The molecule has 23 heavy (non-hydrogen) atoms. The fourth-order valence-electron chi connectivity index (χ4n) is 2.67. The third-order valence-electron chi connectivity index (χ3n) is 4.42. The second-order valence-electron chi connectivity index (χ2n) is 6.16. The Kier molecular flexibility index (Phi) is 3.15. The topological polar surface area (TPSA) is 59.3 Å². The molecule has 1 aliphatic rings. The molecule has 5 heteroatoms. The monoisotopic (exact) mass is 306 g/mol. The fourth-order valence-corrected chi connectivity index (χ4v) is 2.67. The first-order chi connectivity index (χ1) is 11.1. The number of imidazole rings is 1. The number of benzene rings is 1. The van der Waals surface area contributed by atoms with E-state index in [0.717, 1.165) is 28.2 Å². The number of carbonyl (C=O) groups is 1. The van der Waals surface area contributed by atoms with Crippen molar-refractivity contribution in [3.63, 3.8) is 0 Å². The van der Waals surface area contributed by atoms with Crippen molar-refractivity contribution in [3.8, 4) is 0 Å². The number of anilines is 1. The molecule has 1 aliphatic carbocycles. The minimum Gasteiger partial charge on any atom is -0.320 e. The molecule has 4 rings (SSSR count). The number of aromatic nitrogens is 3. The summed E-state index contributed by atoms with van der Waals surface area (Å²) in [5.74, 6) is 0.367. The Bertz CT molecular complexity index is 909. The molecule has 0 bridgehead atoms. The Morgan fingerprint density at radius 1 is 1.22 bits per heavy atom. The summed E-state index contributed by atoms with van der Waals surface area (Å²) in [6, 6.07) is 9.43. The zero-order chi connectivity index (χ0) is 16.0. The Balaban J connectivity index is 1.62. The SMILES string of the molecule is Cc1cccc(NC(=O)c2ccc3nc(C4CC4)cn3n2)c1C. The molecule has 1 saturated carbocycles. The summed E-state index contributed by atoms with van der Waals surface area (Å²) in [6.07, 6.45) is 4.33. The number of nitrogens with zero attached hydrogens (tertiary/aromatic N) is 3. The van der Waals surface area contributed by atoms with Gasteiger partial charge in [-0.25, -0.2) is 9.50 Å². The van der Waals surface area contributed by atoms with Crippen LogP contribution in [-0.2, 0) is 0 Å². The first kappa shape index (κ1) is 13.9. The van der Waals surface area contributed by atoms with Crippen molar-refractivity contribution in [2.24, 2.45) is 0 Å². The predicted molar refractivity (Wildman–Crippen MR) is 88.8 cm³/mol. The highest BCUT2D eigenvalue weighted by molar-refractivity contribution is 6.03. The highest BCUT2D eigenvalue weighted by Crippen LogP contribution is 2.39. The lowest BCUT2D eigenvalue weighted by molar-refractivity contribution is 0.102. The van der Waals surface area contributed by atoms with Crippen LogP contribution in [0, 0.1) is 13.8 Å². The van der Waals surface area contributed by atoms with Crippen LogP contribution in [0.15, 0.2) is 36.5 Å². The maximum Gasteiger partial charge on any atom is 0.276 e. The van der Waals surface area contributed by atoms with Gasteiger partial charge in [0, 0.05) is 11.6 Å². The highest BCUT2D eigenvalue weighted by atomic mass is 16.1. The molecule has 1 aromatic carbocycles. The van der Waals surface area contributed by atoms with Crippen LogP contribution in [-0.4, -0.2) is 20.5 Å². The minimum atomic E-state index is -0.206. The van der Waals surface area contributed by atoms with E-state index in [1.54, 1.807) is 10.6 Å². The summed E-state index contributed by atoms with van der Waals surface area (Å²) in [6.45, 7) is 4.03. The van der Waals surface area contributed by atoms with Crippen LogP contribution < -0.4 is 5.32 Å². The Morgan fingerprint density at radius 2 is 2.04 bits per heavy atom. The molecule has 0 atom stereocenters. The lowest BCUT2D eigenvalue weighted by Crippen LogP contribution is -2.16. The molecule has 0 radical (unpaired) electrons. The number of amides is 1. The van der Waals surface area contributed by atoms with E-state index >= 15 is 0 Å². The fraction of sp³-hybridized carbons (Fsp3) is 0.278. The lowest BCUT2D eigenvalue weighted by Gasteiger charge is -2.09. The van der Waals surface area contributed by atoms with Gasteiger partial charge in [0.1, 0.15) is 5.69 Å². The van der Waals surface area contributed by atoms with Gasteiger partial charge in [-0.3, -0.25) is 4.79 Å². The van der Waals surface area contributed by atoms with Gasteiger partial charge in [-0.05, 0) is 56.0 Å². The number of hydrogen-bond donors (Lipinski definition) is 1. The third-order valence-corrected chi connectivity index (χ3v) is 4.42. The average molecular weight is 306 g/mol. The van der Waals surface area contributed by atoms with Gasteiger partial charge in [-0.1, -0.05) is 12.1 Å². The quantitative estimate of drug-likeness (QED) is 0.806. The molecular formula is C18H18N4O. The largest absolute Gasteiger partial charge is 0.320 e. The van der Waals surface area contributed by atoms with Crippen molar-refractivity contribution < 1.29 is 4.79 Å². The Morgan fingerprint density at radius 3 is 2.83 bits per heavy atom. The van der Waals surface area contributed by atoms with E-state index in [1.165, 1.54) is 12.8 Å². The van der Waals surface area contributed by atoms with Gasteiger partial charge in [0.2, 0.25) is 0 Å². The van der Waals surface area contributed by atoms with Crippen LogP contribution in [0.1, 0.15) is 46.1 Å². The number of rotatable bonds is 3. The van der Waals surface area contributed by atoms with Gasteiger partial charge in [-0.15, -0.1) is 0 Å². The van der Waals surface area contributed by atoms with E-state index in [-0.39, 0.29) is 5.91 Å². The van der Waals surface area contributed by atoms with Gasteiger partial charge in [-0.2, -0.15) is 5.10 Å². The van der Waals surface area contributed by atoms with Crippen molar-refractivity contribution in [3.05, 3.63) is 59.0 Å². The molecule has 0 unspecified atom stereocenters. The molecular weight excluding hydrogens is 288 g/mol. The van der Waals surface area contributed by atoms with Gasteiger partial charge in [0.05, 0.1) is 11.9 Å². The predicted octanol–water partition coefficient (Wildman–Crippen LogP) is 3.48. The van der Waals surface area contributed by atoms with Crippen molar-refractivity contribution in [2.45, 2.75) is 32.6 Å². The summed E-state index contributed by atoms with van der Waals surface area (Å²) >= 11 is 0. The maximum absolute atomic E-state index is 12.5. The Hall–Kier alpha value is -2.69. The second kappa shape index (κ2) is 5.19. The van der Waals surface area contributed by atoms with Crippen LogP contribution >= 0.6 is 0 Å². The molecule has 0 spiro atoms. The molecule has 1 fully saturated rings. The van der Waals surface area contributed by atoms with Gasteiger partial charge < -0.3 is 5.32 Å². The number of fused-ring (bicyclic) bond motifs is 1. The maximum atomic E-state index is 12.5. The van der Waals surface area contributed by atoms with E-state index in [2.05, 4.69) is 15.4 Å². The van der Waals surface area contributed by atoms with Crippen LogP contribution in [0.25, 0.3) is 5.65 Å². The van der Waals surface area contributed by atoms with Gasteiger partial charge in [0.25, 0.3) is 5.91 Å². The number of carbonyl (C=O) groups excluding carboxylic acids is 1. The molecule has 3 aromatic rings. The van der Waals surface area contributed by atoms with Gasteiger partial charge >= 0.3 is 0 Å². The van der Waals surface area contributed by atoms with E-state index in [9.17, 15) is 4.79 Å². The zero-order valence-corrected chi connectivity index (χ0v) is 13.2. The van der Waals surface area contributed by atoms with Crippen LogP contribution in [0.5, 0.6) is 0 Å². The first-order valence-corrected chi connectivity index (χ1v) is 7.86. The lowest BCUT2D eigenvalue weighted by atomic mass is 10.1. The molecule has 0 saturated heterocycles. The Labute approximate surface area is 134 Å². The van der Waals surface area contributed by atoms with Crippen molar-refractivity contribution in [1.29, 1.82) is 0 Å². The minimum absolute atomic E-state index is 0.206. The van der Waals surface area contributed by atoms with Crippen molar-refractivity contribution in [2.75, 3.05) is 5.32 Å². The normalized spacial score (nSPS) is 14.2. The first-order valence-electron chi connectivity index (χ1n) is 7.86. The summed E-state index contributed by atoms with van der Waals surface area (Å²) in [4.78, 5) is 17.0. The summed E-state index contributed by atoms with van der Waals surface area (Å²) in [5, 5.41) is 7.34. The zero-order valence-electron chi connectivity index (χ0n) is 13.2. The van der Waals surface area contributed by atoms with Crippen molar-refractivity contribution in [1.82, 2.24) is 14.6 Å². The van der Waals surface area contributed by atoms with Crippen LogP contribution in [0.3, 0.4) is 0 Å². The van der Waals surface area contributed by atoms with E-state index < -0.39 is 0 Å². The van der Waals surface area contributed by atoms with Crippen LogP contribution in [0.2, 0.25) is 0 Å². The molecule has 1 N–H and O–H groups in total. The molecule has 5 nitrogen and oxygen atoms in total. The molecule has 2 heterocycles. The molecule has 1 amide bonds. The standard InChI is InChI=1S/C18H18N4O/c1-11-4-3-5-14(12(11)2)20-18(23)15-8-9-17-19-16(13-6-7-13)10-22(17)21-15/h3-5,8-10,13H,6-7H2,1-2H3,(H,20,23). The van der Waals surface area contributed by atoms with E-state index in [4.69, 9.17) is 0 Å². The summed E-state index contributed by atoms with van der Waals surface area (Å²) in [5.41, 5.74) is 5.29. The van der Waals surface area contributed by atoms with E-state index in [0.29, 0.717) is 11.6 Å². The summed E-state index contributed by atoms with van der Waals surface area (Å²) in [7, 11) is 0.